The maximum Gasteiger partial charge on any atom is 0.416 e. The van der Waals surface area contributed by atoms with Crippen molar-refractivity contribution < 1.29 is 45.8 Å². The number of hydrogen-bond acceptors (Lipinski definition) is 5. The fraction of sp³-hybridized carbons (Fsp3) is 0.264. The van der Waals surface area contributed by atoms with E-state index in [1.54, 1.807) is 17.0 Å². The van der Waals surface area contributed by atoms with Crippen LogP contribution in [0.25, 0.3) is 0 Å². The van der Waals surface area contributed by atoms with Gasteiger partial charge in [-0.25, -0.2) is 4.79 Å². The summed E-state index contributed by atoms with van der Waals surface area (Å²) in [6.07, 6.45) is -4.33. The number of hydrogen-bond donors (Lipinski definition) is 3. The monoisotopic (exact) mass is 1040 g/mol. The molecule has 0 bridgehead atoms. The van der Waals surface area contributed by atoms with Crippen LogP contribution in [0.2, 0.25) is 0 Å². The topological polar surface area (TPSA) is 102 Å². The zero-order valence-electron chi connectivity index (χ0n) is 36.3. The predicted molar refractivity (Wildman–Crippen MR) is 254 cm³/mol. The van der Waals surface area contributed by atoms with Gasteiger partial charge in [-0.3, -0.25) is 20.2 Å². The Balaban J connectivity index is 0.000000170. The van der Waals surface area contributed by atoms with E-state index in [0.717, 1.165) is 64.6 Å². The van der Waals surface area contributed by atoms with Crippen molar-refractivity contribution in [2.24, 2.45) is 0 Å². The standard InChI is InChI=1S/C27H23F3N2O3.C26H22F3IN2O/c28-27(29,30)19-9-11-20(12-10-19)32-24(17-5-3-6-18(14-17)26(34)35)15-23(25(32)33)31-22-13-8-16-4-1-2-7-21(16)22;27-26(28,29)18-9-11-20(12-10-18)32-24(17-5-3-6-19(30)14-17)15-23(25(32)33)31-22-13-8-16-4-1-2-7-21(16)22/h1-7,9-12,14,22-24,31H,8,13,15H2,(H,34,35);1-7,9-12,14,22-24,31H,8,13,15H2/t2*22-,23+,24+/m11/s1. The van der Waals surface area contributed by atoms with Crippen LogP contribution < -0.4 is 20.4 Å². The molecule has 8 nitrogen and oxygen atoms in total. The number of amides is 2. The first-order valence-corrected chi connectivity index (χ1v) is 23.4. The molecule has 2 fully saturated rings. The fourth-order valence-electron chi connectivity index (χ4n) is 10.1. The summed E-state index contributed by atoms with van der Waals surface area (Å²) in [5, 5.41) is 16.5. The van der Waals surface area contributed by atoms with Gasteiger partial charge in [-0.05, 0) is 167 Å². The van der Waals surface area contributed by atoms with Gasteiger partial charge in [0, 0.05) is 27.0 Å². The molecule has 0 saturated carbocycles. The Hall–Kier alpha value is -6.04. The summed E-state index contributed by atoms with van der Waals surface area (Å²) in [6, 6.07) is 38.3. The van der Waals surface area contributed by atoms with Crippen molar-refractivity contribution in [2.75, 3.05) is 9.80 Å². The highest BCUT2D eigenvalue weighted by molar-refractivity contribution is 14.1. The first kappa shape index (κ1) is 47.0. The smallest absolute Gasteiger partial charge is 0.416 e. The number of carboxylic acids is 1. The van der Waals surface area contributed by atoms with Crippen LogP contribution in [-0.4, -0.2) is 35.0 Å². The number of fused-ring (bicyclic) bond motifs is 2. The van der Waals surface area contributed by atoms with E-state index in [2.05, 4.69) is 51.4 Å². The van der Waals surface area contributed by atoms with Crippen molar-refractivity contribution in [3.05, 3.63) is 199 Å². The van der Waals surface area contributed by atoms with Gasteiger partial charge < -0.3 is 14.9 Å². The predicted octanol–water partition coefficient (Wildman–Crippen LogP) is 12.0. The van der Waals surface area contributed by atoms with Gasteiger partial charge in [0.2, 0.25) is 11.8 Å². The molecule has 2 aliphatic carbocycles. The minimum atomic E-state index is -4.48. The van der Waals surface area contributed by atoms with Gasteiger partial charge in [0.15, 0.2) is 0 Å². The first-order chi connectivity index (χ1) is 32.5. The van der Waals surface area contributed by atoms with Gasteiger partial charge in [-0.15, -0.1) is 0 Å². The molecule has 2 aliphatic heterocycles. The van der Waals surface area contributed by atoms with E-state index < -0.39 is 47.6 Å². The number of rotatable bonds is 9. The average molecular weight is 1040 g/mol. The second-order valence-corrected chi connectivity index (χ2v) is 18.8. The third-order valence-electron chi connectivity index (χ3n) is 13.4. The number of halogens is 7. The highest BCUT2D eigenvalue weighted by atomic mass is 127. The molecule has 2 heterocycles. The van der Waals surface area contributed by atoms with Crippen molar-refractivity contribution in [3.8, 4) is 0 Å². The van der Waals surface area contributed by atoms with Gasteiger partial charge in [0.25, 0.3) is 0 Å². The van der Waals surface area contributed by atoms with E-state index in [4.69, 9.17) is 0 Å². The second kappa shape index (κ2) is 19.2. The molecule has 10 rings (SSSR count). The van der Waals surface area contributed by atoms with Gasteiger partial charge in [-0.2, -0.15) is 26.3 Å². The van der Waals surface area contributed by atoms with Crippen molar-refractivity contribution in [1.29, 1.82) is 0 Å². The summed E-state index contributed by atoms with van der Waals surface area (Å²) in [7, 11) is 0. The van der Waals surface area contributed by atoms with E-state index in [1.807, 2.05) is 54.6 Å². The lowest BCUT2D eigenvalue weighted by atomic mass is 9.99. The number of aromatic carboxylic acids is 1. The Morgan fingerprint density at radius 1 is 0.544 bits per heavy atom. The molecule has 15 heteroatoms. The number of nitrogens with zero attached hydrogens (tertiary/aromatic N) is 2. The summed E-state index contributed by atoms with van der Waals surface area (Å²) in [5.41, 5.74) is 5.90. The minimum Gasteiger partial charge on any atom is -0.478 e. The third-order valence-corrected chi connectivity index (χ3v) is 14.1. The number of aryl methyl sites for hydroxylation is 2. The third kappa shape index (κ3) is 9.78. The van der Waals surface area contributed by atoms with E-state index in [9.17, 15) is 45.8 Å². The number of carboxylic acid groups (broad SMARTS) is 1. The van der Waals surface area contributed by atoms with E-state index in [-0.39, 0.29) is 35.5 Å². The number of carbonyl (C=O) groups excluding carboxylic acids is 2. The van der Waals surface area contributed by atoms with E-state index in [1.165, 1.54) is 58.0 Å². The Morgan fingerprint density at radius 3 is 1.40 bits per heavy atom. The molecule has 68 heavy (non-hydrogen) atoms. The molecule has 0 unspecified atom stereocenters. The maximum absolute atomic E-state index is 13.6. The van der Waals surface area contributed by atoms with Crippen LogP contribution >= 0.6 is 22.6 Å². The molecule has 3 N–H and O–H groups in total. The van der Waals surface area contributed by atoms with Crippen LogP contribution in [0.3, 0.4) is 0 Å². The summed E-state index contributed by atoms with van der Waals surface area (Å²) < 4.78 is 79.6. The van der Waals surface area contributed by atoms with Gasteiger partial charge >= 0.3 is 18.3 Å². The largest absolute Gasteiger partial charge is 0.478 e. The molecule has 2 saturated heterocycles. The Morgan fingerprint density at radius 2 is 0.971 bits per heavy atom. The van der Waals surface area contributed by atoms with E-state index >= 15 is 0 Å². The van der Waals surface area contributed by atoms with Crippen LogP contribution in [0.1, 0.15) is 105 Å². The quantitative estimate of drug-likeness (QED) is 0.0985. The lowest BCUT2D eigenvalue weighted by molar-refractivity contribution is -0.138. The number of benzene rings is 6. The van der Waals surface area contributed by atoms with Crippen LogP contribution in [-0.2, 0) is 34.8 Å². The Kier molecular flexibility index (Phi) is 13.3. The lowest BCUT2D eigenvalue weighted by Crippen LogP contribution is -2.40. The number of nitrogens with one attached hydrogen (secondary N) is 2. The molecule has 0 spiro atoms. The van der Waals surface area contributed by atoms with E-state index in [0.29, 0.717) is 29.8 Å². The molecular weight excluding hydrogens is 997 g/mol. The number of anilines is 2. The summed E-state index contributed by atoms with van der Waals surface area (Å²) >= 11 is 2.23. The molecule has 2 amide bonds. The molecular formula is C53H45F6IN4O4. The molecule has 4 aliphatic rings. The zero-order chi connectivity index (χ0) is 47.9. The van der Waals surface area contributed by atoms with Gasteiger partial charge in [-0.1, -0.05) is 72.8 Å². The highest BCUT2D eigenvalue weighted by Gasteiger charge is 2.45. The minimum absolute atomic E-state index is 0.00120. The van der Waals surface area contributed by atoms with Crippen LogP contribution in [0.5, 0.6) is 0 Å². The average Bonchev–Trinajstić information content (AvgIpc) is 4.10. The number of carbonyl (C=O) groups is 3. The fourth-order valence-corrected chi connectivity index (χ4v) is 10.7. The molecule has 0 radical (unpaired) electrons. The number of alkyl halides is 6. The Bertz CT molecular complexity index is 2840. The van der Waals surface area contributed by atoms with Crippen molar-refractivity contribution >= 4 is 51.7 Å². The molecule has 6 aromatic rings. The second-order valence-electron chi connectivity index (χ2n) is 17.5. The molecule has 6 aromatic carbocycles. The summed E-state index contributed by atoms with van der Waals surface area (Å²) in [4.78, 5) is 41.9. The van der Waals surface area contributed by atoms with Crippen LogP contribution in [0.4, 0.5) is 37.7 Å². The van der Waals surface area contributed by atoms with Gasteiger partial charge in [0.1, 0.15) is 0 Å². The van der Waals surface area contributed by atoms with Crippen molar-refractivity contribution in [3.63, 3.8) is 0 Å². The highest BCUT2D eigenvalue weighted by Crippen LogP contribution is 2.43. The van der Waals surface area contributed by atoms with Crippen LogP contribution in [0, 0.1) is 3.57 Å². The maximum atomic E-state index is 13.6. The molecule has 0 aromatic heterocycles. The van der Waals surface area contributed by atoms with Crippen molar-refractivity contribution in [1.82, 2.24) is 10.6 Å². The zero-order valence-corrected chi connectivity index (χ0v) is 38.4. The normalized spacial score (nSPS) is 22.2. The van der Waals surface area contributed by atoms with Crippen LogP contribution in [0.15, 0.2) is 146 Å². The molecule has 6 atom stereocenters. The SMILES string of the molecule is O=C(O)c1cccc([C@@H]2C[C@H](N[C@@H]3CCc4ccccc43)C(=O)N2c2ccc(C(F)(F)F)cc2)c1.O=C1[C@@H](N[C@@H]2CCc3ccccc32)C[C@@H](c2cccc(I)c2)N1c1ccc(C(F)(F)F)cc1. The first-order valence-electron chi connectivity index (χ1n) is 22.3. The summed E-state index contributed by atoms with van der Waals surface area (Å²) in [5.74, 6) is -1.45. The molecule has 350 valence electrons. The van der Waals surface area contributed by atoms with Crippen molar-refractivity contribution in [2.45, 2.75) is 87.1 Å². The Labute approximate surface area is 402 Å². The summed E-state index contributed by atoms with van der Waals surface area (Å²) in [6.45, 7) is 0. The van der Waals surface area contributed by atoms with Gasteiger partial charge in [0.05, 0.1) is 40.9 Å². The lowest BCUT2D eigenvalue weighted by Gasteiger charge is -2.26.